The largest absolute Gasteiger partial charge is 0.497 e. The Morgan fingerprint density at radius 3 is 2.64 bits per heavy atom. The number of amides is 2. The lowest BCUT2D eigenvalue weighted by Crippen LogP contribution is -2.50. The van der Waals surface area contributed by atoms with E-state index in [-0.39, 0.29) is 37.0 Å². The Labute approximate surface area is 228 Å². The summed E-state index contributed by atoms with van der Waals surface area (Å²) in [7, 11) is 3.14. The highest BCUT2D eigenvalue weighted by Gasteiger charge is 2.37. The maximum Gasteiger partial charge on any atom is 0.247 e. The minimum Gasteiger partial charge on any atom is -0.497 e. The lowest BCUT2D eigenvalue weighted by atomic mass is 9.94. The van der Waals surface area contributed by atoms with Crippen LogP contribution in [0.3, 0.4) is 0 Å². The van der Waals surface area contributed by atoms with E-state index in [1.54, 1.807) is 35.9 Å². The number of fused-ring (bicyclic) bond motifs is 1. The fraction of sp³-hybridized carbons (Fsp3) is 0.517. The summed E-state index contributed by atoms with van der Waals surface area (Å²) < 4.78 is 18.6. The monoisotopic (exact) mass is 535 g/mol. The van der Waals surface area contributed by atoms with Crippen LogP contribution in [0.25, 0.3) is 11.0 Å². The SMILES string of the molecule is COc1ccc([C@@H](C(=O)NC2CCCCC2)N(C[C@H]2CCCO2)C(=O)Cn2nnc3ccccc32)c(OC)c1. The number of para-hydroxylation sites is 1. The first-order chi connectivity index (χ1) is 19.1. The van der Waals surface area contributed by atoms with Gasteiger partial charge < -0.3 is 24.4 Å². The second kappa shape index (κ2) is 12.5. The van der Waals surface area contributed by atoms with Crippen LogP contribution in [0, 0.1) is 0 Å². The third-order valence-electron chi connectivity index (χ3n) is 7.70. The third-order valence-corrected chi connectivity index (χ3v) is 7.70. The molecule has 2 fully saturated rings. The van der Waals surface area contributed by atoms with Gasteiger partial charge in [0.05, 0.1) is 25.8 Å². The molecule has 0 spiro atoms. The van der Waals surface area contributed by atoms with Crippen molar-refractivity contribution >= 4 is 22.8 Å². The first-order valence-corrected chi connectivity index (χ1v) is 13.8. The highest BCUT2D eigenvalue weighted by molar-refractivity contribution is 5.90. The molecule has 2 heterocycles. The van der Waals surface area contributed by atoms with E-state index in [0.29, 0.717) is 29.2 Å². The van der Waals surface area contributed by atoms with E-state index in [9.17, 15) is 9.59 Å². The van der Waals surface area contributed by atoms with E-state index in [4.69, 9.17) is 14.2 Å². The van der Waals surface area contributed by atoms with Crippen LogP contribution in [-0.2, 0) is 20.9 Å². The normalized spacial score (nSPS) is 18.6. The number of benzene rings is 2. The van der Waals surface area contributed by atoms with Gasteiger partial charge in [0, 0.05) is 30.8 Å². The molecule has 2 aromatic carbocycles. The summed E-state index contributed by atoms with van der Waals surface area (Å²) in [5.41, 5.74) is 2.06. The summed E-state index contributed by atoms with van der Waals surface area (Å²) in [6, 6.07) is 12.0. The minimum absolute atomic E-state index is 0.0566. The molecule has 39 heavy (non-hydrogen) atoms. The number of carbonyl (C=O) groups is 2. The fourth-order valence-electron chi connectivity index (χ4n) is 5.63. The quantitative estimate of drug-likeness (QED) is 0.422. The lowest BCUT2D eigenvalue weighted by molar-refractivity contribution is -0.143. The molecule has 1 saturated heterocycles. The smallest absolute Gasteiger partial charge is 0.247 e. The average molecular weight is 536 g/mol. The van der Waals surface area contributed by atoms with Crippen molar-refractivity contribution < 1.29 is 23.8 Å². The summed E-state index contributed by atoms with van der Waals surface area (Å²) in [4.78, 5) is 29.8. The Bertz CT molecular complexity index is 1280. The summed E-state index contributed by atoms with van der Waals surface area (Å²) in [6.07, 6.45) is 6.80. The Morgan fingerprint density at radius 2 is 1.90 bits per heavy atom. The van der Waals surface area contributed by atoms with E-state index in [2.05, 4.69) is 15.6 Å². The summed E-state index contributed by atoms with van der Waals surface area (Å²) in [6.45, 7) is 0.869. The van der Waals surface area contributed by atoms with E-state index in [1.807, 2.05) is 30.3 Å². The molecule has 1 aliphatic carbocycles. The molecular formula is C29H37N5O5. The van der Waals surface area contributed by atoms with Crippen molar-refractivity contribution in [3.05, 3.63) is 48.0 Å². The van der Waals surface area contributed by atoms with Crippen LogP contribution in [0.4, 0.5) is 0 Å². The molecule has 0 bridgehead atoms. The third kappa shape index (κ3) is 6.16. The highest BCUT2D eigenvalue weighted by Crippen LogP contribution is 2.35. The summed E-state index contributed by atoms with van der Waals surface area (Å²) in [5.74, 6) is 0.616. The molecule has 2 aliphatic rings. The minimum atomic E-state index is -0.917. The maximum atomic E-state index is 14.1. The van der Waals surface area contributed by atoms with Crippen LogP contribution >= 0.6 is 0 Å². The van der Waals surface area contributed by atoms with Gasteiger partial charge in [0.1, 0.15) is 29.6 Å². The standard InChI is InChI=1S/C29H37N5O5/c1-37-21-14-15-23(26(17-21)38-2)28(29(36)30-20-9-4-3-5-10-20)33(18-22-11-8-16-39-22)27(35)19-34-25-13-7-6-12-24(25)31-32-34/h6-7,12-15,17,20,22,28H,3-5,8-11,16,18-19H2,1-2H3,(H,30,36)/t22-,28+/m1/s1. The first-order valence-electron chi connectivity index (χ1n) is 13.8. The highest BCUT2D eigenvalue weighted by atomic mass is 16.5. The lowest BCUT2D eigenvalue weighted by Gasteiger charge is -2.35. The summed E-state index contributed by atoms with van der Waals surface area (Å²) in [5, 5.41) is 11.7. The van der Waals surface area contributed by atoms with Gasteiger partial charge in [-0.1, -0.05) is 36.6 Å². The van der Waals surface area contributed by atoms with Gasteiger partial charge in [0.15, 0.2) is 0 Å². The molecule has 1 saturated carbocycles. The topological polar surface area (TPSA) is 108 Å². The van der Waals surface area contributed by atoms with Crippen molar-refractivity contribution in [2.45, 2.75) is 69.7 Å². The van der Waals surface area contributed by atoms with Crippen molar-refractivity contribution in [1.29, 1.82) is 0 Å². The molecule has 10 heteroatoms. The van der Waals surface area contributed by atoms with Crippen LogP contribution in [-0.4, -0.2) is 71.2 Å². The Kier molecular flexibility index (Phi) is 8.61. The number of ether oxygens (including phenoxy) is 3. The van der Waals surface area contributed by atoms with Crippen LogP contribution in [0.15, 0.2) is 42.5 Å². The molecule has 2 amide bonds. The van der Waals surface area contributed by atoms with Crippen LogP contribution in [0.2, 0.25) is 0 Å². The van der Waals surface area contributed by atoms with Crippen molar-refractivity contribution in [2.75, 3.05) is 27.4 Å². The molecule has 5 rings (SSSR count). The Balaban J connectivity index is 1.52. The molecule has 3 aromatic rings. The summed E-state index contributed by atoms with van der Waals surface area (Å²) >= 11 is 0. The van der Waals surface area contributed by atoms with Crippen molar-refractivity contribution in [2.24, 2.45) is 0 Å². The molecule has 10 nitrogen and oxygen atoms in total. The fourth-order valence-corrected chi connectivity index (χ4v) is 5.63. The first kappa shape index (κ1) is 26.9. The second-order valence-electron chi connectivity index (χ2n) is 10.3. The molecule has 1 N–H and O–H groups in total. The van der Waals surface area contributed by atoms with Gasteiger partial charge in [0.2, 0.25) is 11.8 Å². The van der Waals surface area contributed by atoms with Gasteiger partial charge in [-0.05, 0) is 49.9 Å². The molecular weight excluding hydrogens is 498 g/mol. The molecule has 208 valence electrons. The number of hydrogen-bond acceptors (Lipinski definition) is 7. The van der Waals surface area contributed by atoms with Gasteiger partial charge in [-0.15, -0.1) is 5.10 Å². The molecule has 1 aliphatic heterocycles. The predicted molar refractivity (Wildman–Crippen MR) is 146 cm³/mol. The predicted octanol–water partition coefficient (Wildman–Crippen LogP) is 3.65. The Morgan fingerprint density at radius 1 is 1.08 bits per heavy atom. The zero-order valence-electron chi connectivity index (χ0n) is 22.7. The number of hydrogen-bond donors (Lipinski definition) is 1. The van der Waals surface area contributed by atoms with Crippen LogP contribution < -0.4 is 14.8 Å². The van der Waals surface area contributed by atoms with Gasteiger partial charge in [-0.3, -0.25) is 9.59 Å². The number of carbonyl (C=O) groups excluding carboxylic acids is 2. The molecule has 1 aromatic heterocycles. The van der Waals surface area contributed by atoms with Gasteiger partial charge in [0.25, 0.3) is 0 Å². The average Bonchev–Trinajstić information content (AvgIpc) is 3.63. The number of methoxy groups -OCH3 is 2. The molecule has 2 atom stereocenters. The van der Waals surface area contributed by atoms with E-state index >= 15 is 0 Å². The van der Waals surface area contributed by atoms with Crippen molar-refractivity contribution in [1.82, 2.24) is 25.2 Å². The second-order valence-corrected chi connectivity index (χ2v) is 10.3. The number of nitrogens with zero attached hydrogens (tertiary/aromatic N) is 4. The van der Waals surface area contributed by atoms with E-state index < -0.39 is 6.04 Å². The van der Waals surface area contributed by atoms with Crippen molar-refractivity contribution in [3.63, 3.8) is 0 Å². The van der Waals surface area contributed by atoms with Crippen LogP contribution in [0.1, 0.15) is 56.6 Å². The van der Waals surface area contributed by atoms with Crippen molar-refractivity contribution in [3.8, 4) is 11.5 Å². The molecule has 0 unspecified atom stereocenters. The zero-order chi connectivity index (χ0) is 27.2. The number of aromatic nitrogens is 3. The van der Waals surface area contributed by atoms with Crippen LogP contribution in [0.5, 0.6) is 11.5 Å². The zero-order valence-corrected chi connectivity index (χ0v) is 22.7. The van der Waals surface area contributed by atoms with E-state index in [0.717, 1.165) is 44.0 Å². The van der Waals surface area contributed by atoms with Gasteiger partial charge >= 0.3 is 0 Å². The van der Waals surface area contributed by atoms with Gasteiger partial charge in [-0.2, -0.15) is 0 Å². The van der Waals surface area contributed by atoms with E-state index in [1.165, 1.54) is 6.42 Å². The van der Waals surface area contributed by atoms with Gasteiger partial charge in [-0.25, -0.2) is 4.68 Å². The number of rotatable bonds is 10. The number of nitrogens with one attached hydrogen (secondary N) is 1. The maximum absolute atomic E-state index is 14.1. The molecule has 0 radical (unpaired) electrons. The Hall–Kier alpha value is -3.66.